The zero-order valence-electron chi connectivity index (χ0n) is 1.85. The van der Waals surface area contributed by atoms with Gasteiger partial charge in [0.1, 0.15) is 0 Å². The molecule has 0 N–H and O–H groups in total. The minimum Gasteiger partial charge on any atom is -2.00 e. The Labute approximate surface area is 64.3 Å². The number of halogens is 1. The van der Waals surface area contributed by atoms with Crippen LogP contribution in [0.1, 0.15) is 0 Å². The van der Waals surface area contributed by atoms with Gasteiger partial charge in [-0.2, -0.15) is 0 Å². The first-order chi connectivity index (χ1) is 0. The molecule has 0 aliphatic carbocycles. The third-order valence-electron chi connectivity index (χ3n) is 0. The van der Waals surface area contributed by atoms with Crippen molar-refractivity contribution in [1.29, 1.82) is 0 Å². The first-order valence-electron chi connectivity index (χ1n) is 0. The maximum atomic E-state index is 0. The average Bonchev–Trinajstić information content (AvgIpc) is 0. The maximum Gasteiger partial charge on any atom is 3.00 e. The minimum atomic E-state index is 0. The standard InChI is InChI=1S/Ca.FH.Fe.O/h;1H;;/q;;+3;-2/p-1. The molecule has 4 heteroatoms. The third kappa shape index (κ3) is 9.38. The summed E-state index contributed by atoms with van der Waals surface area (Å²) in [5, 5.41) is 0. The molecule has 0 aliphatic rings. The number of rotatable bonds is 0. The molecule has 0 aliphatic heterocycles. The molecule has 3 radical (unpaired) electrons. The summed E-state index contributed by atoms with van der Waals surface area (Å²) in [4.78, 5) is 0. The Hall–Kier alpha value is 1.67. The van der Waals surface area contributed by atoms with Gasteiger partial charge in [-0.1, -0.05) is 0 Å². The van der Waals surface area contributed by atoms with Crippen LogP contribution < -0.4 is 4.70 Å². The molecule has 0 aromatic carbocycles. The fraction of sp³-hybridized carbons (Fsp3) is 0. The molecule has 0 rings (SSSR count). The Kier molecular flexibility index (Phi) is 250. The van der Waals surface area contributed by atoms with Gasteiger partial charge in [0.2, 0.25) is 0 Å². The topological polar surface area (TPSA) is 28.5 Å². The fourth-order valence-corrected chi connectivity index (χ4v) is 0. The molecule has 0 heterocycles. The van der Waals surface area contributed by atoms with E-state index >= 15 is 0 Å². The Morgan fingerprint density at radius 3 is 1.00 bits per heavy atom. The average molecular weight is 131 g/mol. The van der Waals surface area contributed by atoms with Crippen LogP contribution in [-0.4, -0.2) is 37.7 Å². The predicted molar refractivity (Wildman–Crippen MR) is 6.44 cm³/mol. The zero-order chi connectivity index (χ0) is 0. The smallest absolute Gasteiger partial charge is 2.00 e. The monoisotopic (exact) mass is 131 g/mol. The van der Waals surface area contributed by atoms with Crippen molar-refractivity contribution in [3.8, 4) is 0 Å². The van der Waals surface area contributed by atoms with Gasteiger partial charge in [-0.25, -0.2) is 0 Å². The second kappa shape index (κ2) is 22.6. The molecule has 0 saturated heterocycles. The van der Waals surface area contributed by atoms with E-state index in [-0.39, 0.29) is 65.0 Å². The van der Waals surface area contributed by atoms with E-state index < -0.39 is 0 Å². The summed E-state index contributed by atoms with van der Waals surface area (Å²) in [5.74, 6) is 0. The summed E-state index contributed by atoms with van der Waals surface area (Å²) < 4.78 is 0. The molecule has 1 nitrogen and oxygen atoms in total. The van der Waals surface area contributed by atoms with Crippen LogP contribution in [0.4, 0.5) is 0 Å². The molecular weight excluding hydrogens is 131 g/mol. The van der Waals surface area contributed by atoms with E-state index in [2.05, 4.69) is 0 Å². The SMILES string of the molecule is [Ca].[F-].[Fe+3].[O-2]. The van der Waals surface area contributed by atoms with E-state index in [0.29, 0.717) is 0 Å². The molecule has 0 unspecified atom stereocenters. The summed E-state index contributed by atoms with van der Waals surface area (Å²) in [7, 11) is 0. The van der Waals surface area contributed by atoms with Crippen molar-refractivity contribution in [2.24, 2.45) is 0 Å². The van der Waals surface area contributed by atoms with Crippen LogP contribution in [-0.2, 0) is 22.5 Å². The molecule has 0 amide bonds. The summed E-state index contributed by atoms with van der Waals surface area (Å²) in [6, 6.07) is 0. The summed E-state index contributed by atoms with van der Waals surface area (Å²) >= 11 is 0. The molecule has 4 heavy (non-hydrogen) atoms. The van der Waals surface area contributed by atoms with Crippen molar-refractivity contribution in [2.45, 2.75) is 0 Å². The van der Waals surface area contributed by atoms with Crippen LogP contribution in [0.2, 0.25) is 0 Å². The van der Waals surface area contributed by atoms with E-state index in [1.807, 2.05) is 0 Å². The van der Waals surface area contributed by atoms with Crippen molar-refractivity contribution in [3.05, 3.63) is 0 Å². The van der Waals surface area contributed by atoms with Gasteiger partial charge in [0, 0.05) is 37.7 Å². The van der Waals surface area contributed by atoms with E-state index in [9.17, 15) is 0 Å². The molecular formula is CaFFeO. The van der Waals surface area contributed by atoms with E-state index in [0.717, 1.165) is 0 Å². The van der Waals surface area contributed by atoms with Gasteiger partial charge in [-0.05, 0) is 0 Å². The van der Waals surface area contributed by atoms with E-state index in [4.69, 9.17) is 0 Å². The summed E-state index contributed by atoms with van der Waals surface area (Å²) in [6.07, 6.45) is 0. The van der Waals surface area contributed by atoms with Crippen LogP contribution in [0, 0.1) is 0 Å². The summed E-state index contributed by atoms with van der Waals surface area (Å²) in [5.41, 5.74) is 0. The van der Waals surface area contributed by atoms with Crippen molar-refractivity contribution in [1.82, 2.24) is 0 Å². The first-order valence-corrected chi connectivity index (χ1v) is 0. The second-order valence-corrected chi connectivity index (χ2v) is 0. The molecule has 0 aromatic rings. The van der Waals surface area contributed by atoms with Crippen LogP contribution >= 0.6 is 0 Å². The summed E-state index contributed by atoms with van der Waals surface area (Å²) in [6.45, 7) is 0. The first kappa shape index (κ1) is 44.4. The van der Waals surface area contributed by atoms with Gasteiger partial charge in [-0.3, -0.25) is 0 Å². The molecule has 23 valence electrons. The van der Waals surface area contributed by atoms with Gasteiger partial charge < -0.3 is 10.2 Å². The van der Waals surface area contributed by atoms with Gasteiger partial charge in [-0.15, -0.1) is 0 Å². The quantitative estimate of drug-likeness (QED) is 0.305. The Morgan fingerprint density at radius 1 is 1.00 bits per heavy atom. The Bertz CT molecular complexity index is 8.00. The van der Waals surface area contributed by atoms with Crippen molar-refractivity contribution >= 4 is 37.7 Å². The number of hydrogen-bond donors (Lipinski definition) is 0. The minimum absolute atomic E-state index is 0. The molecule has 0 spiro atoms. The second-order valence-electron chi connectivity index (χ2n) is 0. The van der Waals surface area contributed by atoms with Gasteiger partial charge in [0.15, 0.2) is 0 Å². The zero-order valence-corrected chi connectivity index (χ0v) is 5.16. The fourth-order valence-electron chi connectivity index (χ4n) is 0. The molecule has 0 atom stereocenters. The van der Waals surface area contributed by atoms with Crippen LogP contribution in [0.15, 0.2) is 0 Å². The Morgan fingerprint density at radius 2 is 1.00 bits per heavy atom. The predicted octanol–water partition coefficient (Wildman–Crippen LogP) is -3.50. The van der Waals surface area contributed by atoms with E-state index in [1.165, 1.54) is 0 Å². The Balaban J connectivity index is 0. The molecule has 0 bridgehead atoms. The number of hydrogen-bond acceptors (Lipinski definition) is 0. The third-order valence-corrected chi connectivity index (χ3v) is 0. The van der Waals surface area contributed by atoms with E-state index in [1.54, 1.807) is 0 Å². The molecule has 0 fully saturated rings. The normalized spacial score (nSPS) is 0. The largest absolute Gasteiger partial charge is 3.00 e. The molecule has 0 saturated carbocycles. The van der Waals surface area contributed by atoms with Gasteiger partial charge in [0.05, 0.1) is 0 Å². The van der Waals surface area contributed by atoms with Crippen molar-refractivity contribution in [3.63, 3.8) is 0 Å². The van der Waals surface area contributed by atoms with Crippen LogP contribution in [0.3, 0.4) is 0 Å². The van der Waals surface area contributed by atoms with Gasteiger partial charge in [0.25, 0.3) is 0 Å². The van der Waals surface area contributed by atoms with Crippen molar-refractivity contribution in [2.75, 3.05) is 0 Å². The van der Waals surface area contributed by atoms with Gasteiger partial charge >= 0.3 is 17.1 Å². The van der Waals surface area contributed by atoms with Crippen LogP contribution in [0.5, 0.6) is 0 Å². The van der Waals surface area contributed by atoms with Crippen LogP contribution in [0.25, 0.3) is 0 Å². The maximum absolute atomic E-state index is 0. The molecule has 0 aromatic heterocycles. The van der Waals surface area contributed by atoms with Crippen molar-refractivity contribution < 1.29 is 27.2 Å².